The van der Waals surface area contributed by atoms with Gasteiger partial charge in [0.15, 0.2) is 0 Å². The largest absolute Gasteiger partial charge is 0.465 e. The van der Waals surface area contributed by atoms with Crippen LogP contribution in [0, 0.1) is 11.8 Å². The maximum absolute atomic E-state index is 12.4. The third-order valence-corrected chi connectivity index (χ3v) is 4.18. The summed E-state index contributed by atoms with van der Waals surface area (Å²) in [6, 6.07) is 6.29. The quantitative estimate of drug-likeness (QED) is 0.482. The van der Waals surface area contributed by atoms with Crippen LogP contribution in [0.15, 0.2) is 24.3 Å². The van der Waals surface area contributed by atoms with Gasteiger partial charge in [0.05, 0.1) is 13.2 Å². The van der Waals surface area contributed by atoms with Crippen molar-refractivity contribution in [3.8, 4) is 0 Å². The molecule has 1 aromatic rings. The molecular weight excluding hydrogens is 360 g/mol. The van der Waals surface area contributed by atoms with Crippen molar-refractivity contribution < 1.29 is 28.7 Å². The minimum Gasteiger partial charge on any atom is -0.465 e. The molecule has 0 aliphatic rings. The van der Waals surface area contributed by atoms with Gasteiger partial charge in [-0.3, -0.25) is 19.2 Å². The number of esters is 2. The average molecular weight is 383 g/mol. The van der Waals surface area contributed by atoms with Crippen molar-refractivity contribution in [2.45, 2.75) is 33.6 Å². The van der Waals surface area contributed by atoms with Gasteiger partial charge in [-0.05, 0) is 45.4 Å². The van der Waals surface area contributed by atoms with E-state index in [0.717, 1.165) is 0 Å². The lowest BCUT2D eigenvalue weighted by molar-refractivity contribution is -0.157. The second kappa shape index (κ2) is 10.1. The molecule has 0 unspecified atom stereocenters. The van der Waals surface area contributed by atoms with Crippen molar-refractivity contribution in [1.29, 1.82) is 0 Å². The van der Waals surface area contributed by atoms with Crippen LogP contribution in [0.4, 0.5) is 0 Å². The molecule has 2 atom stereocenters. The lowest BCUT2D eigenvalue weighted by atomic mass is 9.73. The van der Waals surface area contributed by atoms with E-state index in [0.29, 0.717) is 10.6 Å². The number of carbonyl (C=O) groups is 4. The van der Waals surface area contributed by atoms with Crippen molar-refractivity contribution in [3.63, 3.8) is 0 Å². The van der Waals surface area contributed by atoms with E-state index in [-0.39, 0.29) is 13.2 Å². The highest BCUT2D eigenvalue weighted by molar-refractivity contribution is 6.30. The summed E-state index contributed by atoms with van der Waals surface area (Å²) in [5, 5.41) is 0.443. The van der Waals surface area contributed by atoms with Crippen LogP contribution < -0.4 is 0 Å². The summed E-state index contributed by atoms with van der Waals surface area (Å²) in [7, 11) is 0. The summed E-state index contributed by atoms with van der Waals surface area (Å²) in [4.78, 5) is 49.4. The second-order valence-electron chi connectivity index (χ2n) is 5.76. The number of ketones is 2. The highest BCUT2D eigenvalue weighted by atomic mass is 35.5. The van der Waals surface area contributed by atoms with Crippen LogP contribution in [0.2, 0.25) is 5.02 Å². The standard InChI is InChI=1S/C19H23ClO6/c1-5-25-18(23)15(11(3)21)17(13-7-9-14(20)10-8-13)16(12(4)22)19(24)26-6-2/h7-10,15-17H,5-6H2,1-4H3/t15-,16-/m0/s1. The van der Waals surface area contributed by atoms with Crippen molar-refractivity contribution in [2.75, 3.05) is 13.2 Å². The molecule has 0 saturated carbocycles. The molecule has 0 aliphatic heterocycles. The number of hydrogen-bond acceptors (Lipinski definition) is 6. The monoisotopic (exact) mass is 382 g/mol. The minimum absolute atomic E-state index is 0.0695. The maximum Gasteiger partial charge on any atom is 0.317 e. The highest BCUT2D eigenvalue weighted by Gasteiger charge is 2.45. The number of carbonyl (C=O) groups excluding carboxylic acids is 4. The zero-order chi connectivity index (χ0) is 19.9. The minimum atomic E-state index is -1.31. The maximum atomic E-state index is 12.4. The van der Waals surface area contributed by atoms with Crippen molar-refractivity contribution in [3.05, 3.63) is 34.9 Å². The summed E-state index contributed by atoms with van der Waals surface area (Å²) >= 11 is 5.91. The molecule has 0 radical (unpaired) electrons. The molecule has 0 aliphatic carbocycles. The summed E-state index contributed by atoms with van der Waals surface area (Å²) in [6.45, 7) is 5.82. The first-order chi connectivity index (χ1) is 12.2. The summed E-state index contributed by atoms with van der Waals surface area (Å²) < 4.78 is 10.0. The van der Waals surface area contributed by atoms with E-state index in [1.807, 2.05) is 0 Å². The number of hydrogen-bond donors (Lipinski definition) is 0. The van der Waals surface area contributed by atoms with Crippen LogP contribution in [0.25, 0.3) is 0 Å². The molecule has 7 heteroatoms. The van der Waals surface area contributed by atoms with Crippen LogP contribution in [0.1, 0.15) is 39.2 Å². The molecule has 1 rings (SSSR count). The molecule has 0 aromatic heterocycles. The summed E-state index contributed by atoms with van der Waals surface area (Å²) in [6.07, 6.45) is 0. The Morgan fingerprint density at radius 2 is 1.23 bits per heavy atom. The SMILES string of the molecule is CCOC(=O)[C@@H](C(C)=O)C(c1ccc(Cl)cc1)[C@H](C(C)=O)C(=O)OCC. The molecule has 26 heavy (non-hydrogen) atoms. The number of Topliss-reactive ketones (excluding diaryl/α,β-unsaturated/α-hetero) is 2. The Hall–Kier alpha value is -2.21. The van der Waals surface area contributed by atoms with E-state index in [1.165, 1.54) is 13.8 Å². The fraction of sp³-hybridized carbons (Fsp3) is 0.474. The third-order valence-electron chi connectivity index (χ3n) is 3.93. The Morgan fingerprint density at radius 1 is 0.846 bits per heavy atom. The first-order valence-corrected chi connectivity index (χ1v) is 8.71. The van der Waals surface area contributed by atoms with Gasteiger partial charge in [0, 0.05) is 10.9 Å². The van der Waals surface area contributed by atoms with Gasteiger partial charge in [-0.1, -0.05) is 23.7 Å². The molecule has 0 saturated heterocycles. The van der Waals surface area contributed by atoms with Crippen LogP contribution in [0.5, 0.6) is 0 Å². The molecule has 6 nitrogen and oxygen atoms in total. The van der Waals surface area contributed by atoms with Gasteiger partial charge in [0.25, 0.3) is 0 Å². The first kappa shape index (κ1) is 21.8. The normalized spacial score (nSPS) is 13.0. The fourth-order valence-corrected chi connectivity index (χ4v) is 2.98. The van der Waals surface area contributed by atoms with Crippen molar-refractivity contribution >= 4 is 35.1 Å². The predicted molar refractivity (Wildman–Crippen MR) is 95.8 cm³/mol. The highest BCUT2D eigenvalue weighted by Crippen LogP contribution is 2.36. The molecule has 142 valence electrons. The van der Waals surface area contributed by atoms with Crippen LogP contribution in [0.3, 0.4) is 0 Å². The van der Waals surface area contributed by atoms with Gasteiger partial charge in [-0.15, -0.1) is 0 Å². The topological polar surface area (TPSA) is 86.7 Å². The van der Waals surface area contributed by atoms with Gasteiger partial charge in [0.1, 0.15) is 23.4 Å². The van der Waals surface area contributed by atoms with Crippen LogP contribution >= 0.6 is 11.6 Å². The molecule has 0 amide bonds. The zero-order valence-electron chi connectivity index (χ0n) is 15.3. The van der Waals surface area contributed by atoms with Crippen molar-refractivity contribution in [1.82, 2.24) is 0 Å². The number of ether oxygens (including phenoxy) is 2. The van der Waals surface area contributed by atoms with E-state index in [4.69, 9.17) is 21.1 Å². The van der Waals surface area contributed by atoms with E-state index < -0.39 is 41.3 Å². The van der Waals surface area contributed by atoms with Gasteiger partial charge in [-0.2, -0.15) is 0 Å². The van der Waals surface area contributed by atoms with E-state index >= 15 is 0 Å². The van der Waals surface area contributed by atoms with E-state index in [2.05, 4.69) is 0 Å². The summed E-state index contributed by atoms with van der Waals surface area (Å²) in [5.41, 5.74) is 0.455. The Labute approximate surface area is 157 Å². The Balaban J connectivity index is 3.55. The molecule has 1 aromatic carbocycles. The molecule has 0 fully saturated rings. The lowest BCUT2D eigenvalue weighted by Gasteiger charge is -2.29. The fourth-order valence-electron chi connectivity index (χ4n) is 2.86. The Bertz CT molecular complexity index is 631. The Morgan fingerprint density at radius 3 is 1.54 bits per heavy atom. The number of halogens is 1. The summed E-state index contributed by atoms with van der Waals surface area (Å²) in [5.74, 6) is -6.23. The third kappa shape index (κ3) is 5.39. The van der Waals surface area contributed by atoms with Gasteiger partial charge < -0.3 is 9.47 Å². The number of benzene rings is 1. The van der Waals surface area contributed by atoms with Crippen LogP contribution in [-0.4, -0.2) is 36.7 Å². The smallest absolute Gasteiger partial charge is 0.317 e. The first-order valence-electron chi connectivity index (χ1n) is 8.34. The predicted octanol–water partition coefficient (Wildman–Crippen LogP) is 2.96. The van der Waals surface area contributed by atoms with E-state index in [1.54, 1.807) is 38.1 Å². The second-order valence-corrected chi connectivity index (χ2v) is 6.19. The zero-order valence-corrected chi connectivity index (χ0v) is 16.0. The molecule has 0 spiro atoms. The van der Waals surface area contributed by atoms with Gasteiger partial charge in [0.2, 0.25) is 0 Å². The molecular formula is C19H23ClO6. The molecule has 0 heterocycles. The van der Waals surface area contributed by atoms with Gasteiger partial charge >= 0.3 is 11.9 Å². The van der Waals surface area contributed by atoms with Crippen LogP contribution in [-0.2, 0) is 28.7 Å². The number of rotatable bonds is 9. The average Bonchev–Trinajstić information content (AvgIpc) is 2.55. The van der Waals surface area contributed by atoms with Gasteiger partial charge in [-0.25, -0.2) is 0 Å². The van der Waals surface area contributed by atoms with E-state index in [9.17, 15) is 19.2 Å². The van der Waals surface area contributed by atoms with Crippen molar-refractivity contribution in [2.24, 2.45) is 11.8 Å². The molecule has 0 bridgehead atoms. The molecule has 0 N–H and O–H groups in total. The Kier molecular flexibility index (Phi) is 8.45. The lowest BCUT2D eigenvalue weighted by Crippen LogP contribution is -2.40.